The van der Waals surface area contributed by atoms with Crippen molar-refractivity contribution in [2.24, 2.45) is 0 Å². The fourth-order valence-electron chi connectivity index (χ4n) is 2.39. The summed E-state index contributed by atoms with van der Waals surface area (Å²) in [4.78, 5) is 22.7. The maximum atomic E-state index is 12.5. The maximum absolute atomic E-state index is 12.5. The number of amides is 1. The molecule has 0 spiro atoms. The molecule has 0 atom stereocenters. The molecule has 0 aliphatic carbocycles. The van der Waals surface area contributed by atoms with E-state index in [0.29, 0.717) is 30.3 Å². The highest BCUT2D eigenvalue weighted by atomic mass is 16.4. The molecule has 114 valence electrons. The molecule has 22 heavy (non-hydrogen) atoms. The first-order valence-corrected chi connectivity index (χ1v) is 7.23. The monoisotopic (exact) mass is 298 g/mol. The number of fused-ring (bicyclic) bond motifs is 1. The number of carbonyl (C=O) groups is 1. The zero-order chi connectivity index (χ0) is 15.7. The van der Waals surface area contributed by atoms with Crippen LogP contribution in [-0.4, -0.2) is 32.2 Å². The molecule has 3 aromatic rings. The number of aromatic nitrogens is 3. The Balaban J connectivity index is 1.83. The van der Waals surface area contributed by atoms with Crippen LogP contribution in [0.5, 0.6) is 0 Å². The van der Waals surface area contributed by atoms with E-state index in [2.05, 4.69) is 9.97 Å². The smallest absolute Gasteiger partial charge is 0.291 e. The van der Waals surface area contributed by atoms with Crippen molar-refractivity contribution < 1.29 is 9.21 Å². The predicted octanol–water partition coefficient (Wildman–Crippen LogP) is 2.47. The molecule has 3 aromatic heterocycles. The van der Waals surface area contributed by atoms with E-state index in [9.17, 15) is 4.79 Å². The molecule has 0 radical (unpaired) electrons. The molecule has 6 nitrogen and oxygen atoms in total. The largest absolute Gasteiger partial charge is 0.435 e. The van der Waals surface area contributed by atoms with Gasteiger partial charge in [-0.15, -0.1) is 0 Å². The molecule has 0 aliphatic heterocycles. The lowest BCUT2D eigenvalue weighted by molar-refractivity contribution is 0.0748. The van der Waals surface area contributed by atoms with E-state index in [1.54, 1.807) is 25.1 Å². The van der Waals surface area contributed by atoms with Gasteiger partial charge in [-0.3, -0.25) is 4.79 Å². The number of carbonyl (C=O) groups excluding carboxylic acids is 1. The minimum atomic E-state index is -0.171. The Morgan fingerprint density at radius 1 is 1.41 bits per heavy atom. The average Bonchev–Trinajstić information content (AvgIpc) is 3.10. The van der Waals surface area contributed by atoms with Crippen LogP contribution in [0.1, 0.15) is 34.8 Å². The first kappa shape index (κ1) is 14.3. The second-order valence-electron chi connectivity index (χ2n) is 5.22. The van der Waals surface area contributed by atoms with E-state index in [-0.39, 0.29) is 5.91 Å². The second kappa shape index (κ2) is 5.63. The molecule has 0 saturated heterocycles. The van der Waals surface area contributed by atoms with Gasteiger partial charge in [-0.05, 0) is 19.1 Å². The highest BCUT2D eigenvalue weighted by Crippen LogP contribution is 2.15. The molecule has 1 amide bonds. The summed E-state index contributed by atoms with van der Waals surface area (Å²) in [6, 6.07) is 5.80. The molecular formula is C16H18N4O2. The molecule has 0 fully saturated rings. The third-order valence-electron chi connectivity index (χ3n) is 3.58. The summed E-state index contributed by atoms with van der Waals surface area (Å²) < 4.78 is 7.50. The molecule has 0 unspecified atom stereocenters. The third kappa shape index (κ3) is 2.47. The number of hydrogen-bond donors (Lipinski definition) is 0. The van der Waals surface area contributed by atoms with Crippen molar-refractivity contribution in [1.29, 1.82) is 0 Å². The lowest BCUT2D eigenvalue weighted by Crippen LogP contribution is -2.27. The topological polar surface area (TPSA) is 63.6 Å². The molecule has 0 saturated carbocycles. The highest BCUT2D eigenvalue weighted by Gasteiger charge is 2.21. The fraction of sp³-hybridized carbons (Fsp3) is 0.312. The van der Waals surface area contributed by atoms with Gasteiger partial charge in [-0.1, -0.05) is 13.0 Å². The number of hydrogen-bond acceptors (Lipinski definition) is 4. The Bertz CT molecular complexity index is 819. The van der Waals surface area contributed by atoms with Gasteiger partial charge in [0.25, 0.3) is 5.91 Å². The summed E-state index contributed by atoms with van der Waals surface area (Å²) in [5.74, 6) is 0.729. The van der Waals surface area contributed by atoms with Gasteiger partial charge in [-0.25, -0.2) is 9.97 Å². The number of nitrogens with zero attached hydrogens (tertiary/aromatic N) is 4. The van der Waals surface area contributed by atoms with E-state index < -0.39 is 0 Å². The van der Waals surface area contributed by atoms with Gasteiger partial charge < -0.3 is 13.7 Å². The van der Waals surface area contributed by atoms with Crippen molar-refractivity contribution in [1.82, 2.24) is 19.3 Å². The second-order valence-corrected chi connectivity index (χ2v) is 5.22. The number of rotatable bonds is 4. The van der Waals surface area contributed by atoms with Crippen molar-refractivity contribution in [3.8, 4) is 0 Å². The lowest BCUT2D eigenvalue weighted by atomic mass is 10.3. The fourth-order valence-corrected chi connectivity index (χ4v) is 2.39. The molecule has 0 N–H and O–H groups in total. The molecule has 3 heterocycles. The standard InChI is InChI=1S/C16H18N4O2/c1-4-14-18-11(2)15(22-14)16(21)19(3)10-12-9-17-13-7-5-6-8-20(12)13/h5-9H,4,10H2,1-3H3. The first-order chi connectivity index (χ1) is 10.6. The molecule has 0 bridgehead atoms. The minimum Gasteiger partial charge on any atom is -0.435 e. The van der Waals surface area contributed by atoms with Gasteiger partial charge in [-0.2, -0.15) is 0 Å². The number of imidazole rings is 1. The van der Waals surface area contributed by atoms with Crippen molar-refractivity contribution in [3.05, 3.63) is 53.6 Å². The van der Waals surface area contributed by atoms with E-state index in [4.69, 9.17) is 4.42 Å². The Hall–Kier alpha value is -2.63. The normalized spacial score (nSPS) is 11.0. The van der Waals surface area contributed by atoms with Gasteiger partial charge in [0, 0.05) is 19.7 Å². The van der Waals surface area contributed by atoms with E-state index in [1.807, 2.05) is 35.7 Å². The van der Waals surface area contributed by atoms with Crippen LogP contribution >= 0.6 is 0 Å². The van der Waals surface area contributed by atoms with Crippen LogP contribution in [0, 0.1) is 6.92 Å². The van der Waals surface area contributed by atoms with Gasteiger partial charge in [0.2, 0.25) is 5.76 Å². The zero-order valence-electron chi connectivity index (χ0n) is 12.9. The van der Waals surface area contributed by atoms with Gasteiger partial charge in [0.1, 0.15) is 5.65 Å². The molecule has 6 heteroatoms. The minimum absolute atomic E-state index is 0.171. The predicted molar refractivity (Wildman–Crippen MR) is 81.6 cm³/mol. The summed E-state index contributed by atoms with van der Waals surface area (Å²) in [6.45, 7) is 4.19. The summed E-state index contributed by atoms with van der Waals surface area (Å²) in [5.41, 5.74) is 2.44. The van der Waals surface area contributed by atoms with Crippen LogP contribution in [0.3, 0.4) is 0 Å². The lowest BCUT2D eigenvalue weighted by Gasteiger charge is -2.15. The van der Waals surface area contributed by atoms with Crippen LogP contribution in [0.2, 0.25) is 0 Å². The number of pyridine rings is 1. The maximum Gasteiger partial charge on any atom is 0.291 e. The zero-order valence-corrected chi connectivity index (χ0v) is 12.9. The SMILES string of the molecule is CCc1nc(C)c(C(=O)N(C)Cc2cnc3ccccn23)o1. The van der Waals surface area contributed by atoms with Crippen LogP contribution in [0.25, 0.3) is 5.65 Å². The van der Waals surface area contributed by atoms with Crippen molar-refractivity contribution in [2.45, 2.75) is 26.8 Å². The Morgan fingerprint density at radius 3 is 2.95 bits per heavy atom. The summed E-state index contributed by atoms with van der Waals surface area (Å²) in [6.07, 6.45) is 4.39. The molecule has 3 rings (SSSR count). The van der Waals surface area contributed by atoms with Crippen molar-refractivity contribution in [2.75, 3.05) is 7.05 Å². The van der Waals surface area contributed by atoms with E-state index in [0.717, 1.165) is 11.3 Å². The quantitative estimate of drug-likeness (QED) is 0.742. The van der Waals surface area contributed by atoms with Crippen molar-refractivity contribution in [3.63, 3.8) is 0 Å². The van der Waals surface area contributed by atoms with Crippen molar-refractivity contribution >= 4 is 11.6 Å². The van der Waals surface area contributed by atoms with Crippen LogP contribution in [0.4, 0.5) is 0 Å². The van der Waals surface area contributed by atoms with Gasteiger partial charge in [0.15, 0.2) is 5.89 Å². The molecular weight excluding hydrogens is 280 g/mol. The molecule has 0 aliphatic rings. The average molecular weight is 298 g/mol. The van der Waals surface area contributed by atoms with Crippen LogP contribution < -0.4 is 0 Å². The Labute approximate surface area is 128 Å². The Kier molecular flexibility index (Phi) is 3.66. The molecule has 0 aromatic carbocycles. The number of oxazole rings is 1. The van der Waals surface area contributed by atoms with Crippen LogP contribution in [-0.2, 0) is 13.0 Å². The van der Waals surface area contributed by atoms with E-state index in [1.165, 1.54) is 0 Å². The third-order valence-corrected chi connectivity index (χ3v) is 3.58. The van der Waals surface area contributed by atoms with Gasteiger partial charge in [0.05, 0.1) is 24.1 Å². The number of aryl methyl sites for hydroxylation is 2. The van der Waals surface area contributed by atoms with Crippen LogP contribution in [0.15, 0.2) is 35.0 Å². The Morgan fingerprint density at radius 2 is 2.23 bits per heavy atom. The van der Waals surface area contributed by atoms with E-state index >= 15 is 0 Å². The first-order valence-electron chi connectivity index (χ1n) is 7.23. The summed E-state index contributed by atoms with van der Waals surface area (Å²) in [7, 11) is 1.75. The summed E-state index contributed by atoms with van der Waals surface area (Å²) in [5, 5.41) is 0. The van der Waals surface area contributed by atoms with Gasteiger partial charge >= 0.3 is 0 Å². The summed E-state index contributed by atoms with van der Waals surface area (Å²) >= 11 is 0. The highest BCUT2D eigenvalue weighted by molar-refractivity contribution is 5.92.